The number of aryl methyl sites for hydroxylation is 1. The molecule has 2 aromatic rings. The Hall–Kier alpha value is -2.14. The van der Waals surface area contributed by atoms with Gasteiger partial charge in [0.15, 0.2) is 5.96 Å². The predicted octanol–water partition coefficient (Wildman–Crippen LogP) is 3.08. The minimum Gasteiger partial charge on any atom is -0.468 e. The Balaban J connectivity index is 0.00000341. The lowest BCUT2D eigenvalue weighted by atomic mass is 10.1. The zero-order valence-electron chi connectivity index (χ0n) is 18.0. The van der Waals surface area contributed by atoms with E-state index in [9.17, 15) is 9.18 Å². The lowest BCUT2D eigenvalue weighted by Crippen LogP contribution is -2.44. The third kappa shape index (κ3) is 7.20. The van der Waals surface area contributed by atoms with Gasteiger partial charge in [-0.05, 0) is 62.7 Å². The van der Waals surface area contributed by atoms with Gasteiger partial charge in [-0.25, -0.2) is 4.39 Å². The molecule has 2 heterocycles. The third-order valence-corrected chi connectivity index (χ3v) is 5.28. The molecule has 1 amide bonds. The van der Waals surface area contributed by atoms with E-state index in [-0.39, 0.29) is 41.7 Å². The maximum atomic E-state index is 13.6. The standard InChI is InChI=1S/C22H30FN5O2.HI/c1-16-7-8-17(14-18(16)23)21(29)25-9-10-26-22(24-2)27-15-19(20-6-5-13-30-20)28-11-3-4-12-28;/h5-8,13-14,19H,3-4,9-12,15H2,1-2H3,(H,25,29)(H2,24,26,27);1H. The number of furan rings is 1. The number of likely N-dealkylation sites (tertiary alicyclic amines) is 1. The van der Waals surface area contributed by atoms with Gasteiger partial charge in [0, 0.05) is 32.2 Å². The number of hydrogen-bond donors (Lipinski definition) is 3. The molecule has 0 spiro atoms. The fourth-order valence-corrected chi connectivity index (χ4v) is 3.55. The van der Waals surface area contributed by atoms with Crippen LogP contribution in [0.4, 0.5) is 4.39 Å². The summed E-state index contributed by atoms with van der Waals surface area (Å²) in [5, 5.41) is 9.32. The summed E-state index contributed by atoms with van der Waals surface area (Å²) in [7, 11) is 1.71. The largest absolute Gasteiger partial charge is 0.468 e. The first-order chi connectivity index (χ1) is 14.6. The van der Waals surface area contributed by atoms with Gasteiger partial charge in [0.05, 0.1) is 12.3 Å². The number of hydrogen-bond acceptors (Lipinski definition) is 4. The number of rotatable bonds is 8. The first-order valence-corrected chi connectivity index (χ1v) is 10.3. The molecule has 0 radical (unpaired) electrons. The molecule has 1 aromatic heterocycles. The van der Waals surface area contributed by atoms with Gasteiger partial charge in [-0.3, -0.25) is 14.7 Å². The van der Waals surface area contributed by atoms with Crippen molar-refractivity contribution < 1.29 is 13.6 Å². The fourth-order valence-electron chi connectivity index (χ4n) is 3.55. The molecule has 0 aliphatic carbocycles. The lowest BCUT2D eigenvalue weighted by Gasteiger charge is -2.26. The second-order valence-electron chi connectivity index (χ2n) is 7.37. The molecule has 0 bridgehead atoms. The summed E-state index contributed by atoms with van der Waals surface area (Å²) in [4.78, 5) is 18.8. The molecule has 9 heteroatoms. The van der Waals surface area contributed by atoms with E-state index in [4.69, 9.17) is 4.42 Å². The van der Waals surface area contributed by atoms with Crippen LogP contribution in [0.15, 0.2) is 46.0 Å². The van der Waals surface area contributed by atoms with Crippen LogP contribution in [0, 0.1) is 12.7 Å². The fraction of sp³-hybridized carbons (Fsp3) is 0.455. The molecule has 1 aliphatic rings. The molecule has 1 aliphatic heterocycles. The summed E-state index contributed by atoms with van der Waals surface area (Å²) in [5.41, 5.74) is 0.831. The number of guanidine groups is 1. The third-order valence-electron chi connectivity index (χ3n) is 5.28. The van der Waals surface area contributed by atoms with Crippen LogP contribution in [0.25, 0.3) is 0 Å². The highest BCUT2D eigenvalue weighted by Gasteiger charge is 2.25. The SMILES string of the molecule is CN=C(NCCNC(=O)c1ccc(C)c(F)c1)NCC(c1ccco1)N1CCCC1.I. The molecule has 3 rings (SSSR count). The van der Waals surface area contributed by atoms with Crippen molar-refractivity contribution in [2.45, 2.75) is 25.8 Å². The van der Waals surface area contributed by atoms with Gasteiger partial charge in [-0.15, -0.1) is 24.0 Å². The van der Waals surface area contributed by atoms with Crippen LogP contribution in [-0.2, 0) is 0 Å². The van der Waals surface area contributed by atoms with Gasteiger partial charge < -0.3 is 20.4 Å². The van der Waals surface area contributed by atoms with Crippen molar-refractivity contribution in [3.8, 4) is 0 Å². The van der Waals surface area contributed by atoms with E-state index in [0.29, 0.717) is 36.7 Å². The van der Waals surface area contributed by atoms with Crippen molar-refractivity contribution in [3.63, 3.8) is 0 Å². The molecule has 3 N–H and O–H groups in total. The Morgan fingerprint density at radius 3 is 2.58 bits per heavy atom. The van der Waals surface area contributed by atoms with Crippen LogP contribution in [0.1, 0.15) is 40.6 Å². The summed E-state index contributed by atoms with van der Waals surface area (Å²) in [6.07, 6.45) is 4.11. The molecule has 170 valence electrons. The summed E-state index contributed by atoms with van der Waals surface area (Å²) >= 11 is 0. The van der Waals surface area contributed by atoms with E-state index >= 15 is 0 Å². The average molecular weight is 543 g/mol. The van der Waals surface area contributed by atoms with Gasteiger partial charge in [-0.2, -0.15) is 0 Å². The van der Waals surface area contributed by atoms with E-state index in [1.807, 2.05) is 12.1 Å². The van der Waals surface area contributed by atoms with E-state index in [1.165, 1.54) is 18.9 Å². The van der Waals surface area contributed by atoms with Crippen molar-refractivity contribution in [2.24, 2.45) is 4.99 Å². The van der Waals surface area contributed by atoms with Crippen molar-refractivity contribution in [2.75, 3.05) is 39.8 Å². The summed E-state index contributed by atoms with van der Waals surface area (Å²) in [6.45, 7) is 5.34. The number of carbonyl (C=O) groups excluding carboxylic acids is 1. The minimum absolute atomic E-state index is 0. The van der Waals surface area contributed by atoms with Crippen molar-refractivity contribution in [1.29, 1.82) is 0 Å². The number of halogens is 2. The molecule has 1 aromatic carbocycles. The summed E-state index contributed by atoms with van der Waals surface area (Å²) < 4.78 is 19.3. The topological polar surface area (TPSA) is 81.9 Å². The molecule has 1 saturated heterocycles. The molecule has 0 saturated carbocycles. The van der Waals surface area contributed by atoms with E-state index < -0.39 is 0 Å². The van der Waals surface area contributed by atoms with Crippen molar-refractivity contribution in [3.05, 3.63) is 59.3 Å². The highest BCUT2D eigenvalue weighted by atomic mass is 127. The Morgan fingerprint density at radius 1 is 1.19 bits per heavy atom. The van der Waals surface area contributed by atoms with Crippen LogP contribution < -0.4 is 16.0 Å². The van der Waals surface area contributed by atoms with Crippen LogP contribution in [0.3, 0.4) is 0 Å². The second-order valence-corrected chi connectivity index (χ2v) is 7.37. The first kappa shape index (κ1) is 25.1. The molecule has 31 heavy (non-hydrogen) atoms. The van der Waals surface area contributed by atoms with E-state index in [1.54, 1.807) is 32.4 Å². The highest BCUT2D eigenvalue weighted by molar-refractivity contribution is 14.0. The summed E-state index contributed by atoms with van der Waals surface area (Å²) in [6, 6.07) is 8.54. The van der Waals surface area contributed by atoms with Crippen LogP contribution in [0.2, 0.25) is 0 Å². The van der Waals surface area contributed by atoms with Crippen molar-refractivity contribution >= 4 is 35.8 Å². The number of benzene rings is 1. The predicted molar refractivity (Wildman–Crippen MR) is 131 cm³/mol. The van der Waals surface area contributed by atoms with Crippen LogP contribution >= 0.6 is 24.0 Å². The second kappa shape index (κ2) is 12.7. The highest BCUT2D eigenvalue weighted by Crippen LogP contribution is 2.24. The molecule has 7 nitrogen and oxygen atoms in total. The van der Waals surface area contributed by atoms with Crippen LogP contribution in [-0.4, -0.2) is 56.5 Å². The van der Waals surface area contributed by atoms with Gasteiger partial charge in [0.25, 0.3) is 5.91 Å². The van der Waals surface area contributed by atoms with E-state index in [2.05, 4.69) is 25.8 Å². The molecular formula is C22H31FIN5O2. The Labute approximate surface area is 199 Å². The zero-order chi connectivity index (χ0) is 21.3. The van der Waals surface area contributed by atoms with Crippen LogP contribution in [0.5, 0.6) is 0 Å². The van der Waals surface area contributed by atoms with Gasteiger partial charge in [0.2, 0.25) is 0 Å². The lowest BCUT2D eigenvalue weighted by molar-refractivity contribution is 0.0954. The number of amides is 1. The maximum absolute atomic E-state index is 13.6. The monoisotopic (exact) mass is 543 g/mol. The smallest absolute Gasteiger partial charge is 0.251 e. The first-order valence-electron chi connectivity index (χ1n) is 10.3. The van der Waals surface area contributed by atoms with Crippen molar-refractivity contribution in [1.82, 2.24) is 20.9 Å². The zero-order valence-corrected chi connectivity index (χ0v) is 20.3. The summed E-state index contributed by atoms with van der Waals surface area (Å²) in [5.74, 6) is 0.916. The number of nitrogens with zero attached hydrogens (tertiary/aromatic N) is 2. The normalized spacial score (nSPS) is 15.3. The average Bonchev–Trinajstić information content (AvgIpc) is 3.46. The number of carbonyl (C=O) groups is 1. The number of aliphatic imine (C=N–C) groups is 1. The van der Waals surface area contributed by atoms with Gasteiger partial charge in [0.1, 0.15) is 11.6 Å². The molecular weight excluding hydrogens is 512 g/mol. The van der Waals surface area contributed by atoms with Gasteiger partial charge >= 0.3 is 0 Å². The molecule has 1 unspecified atom stereocenters. The molecule has 1 fully saturated rings. The Morgan fingerprint density at radius 2 is 1.94 bits per heavy atom. The number of nitrogens with one attached hydrogen (secondary N) is 3. The van der Waals surface area contributed by atoms with Gasteiger partial charge in [-0.1, -0.05) is 6.07 Å². The quantitative estimate of drug-likeness (QED) is 0.207. The maximum Gasteiger partial charge on any atom is 0.251 e. The molecule has 1 atom stereocenters. The Kier molecular flexibility index (Phi) is 10.3. The Bertz CT molecular complexity index is 854. The van der Waals surface area contributed by atoms with E-state index in [0.717, 1.165) is 18.8 Å². The minimum atomic E-state index is -0.380.